The highest BCUT2D eigenvalue weighted by atomic mass is 35.5. The number of hydrogen-bond acceptors (Lipinski definition) is 5. The van der Waals surface area contributed by atoms with E-state index in [0.717, 1.165) is 29.9 Å². The molecule has 4 rings (SSSR count). The van der Waals surface area contributed by atoms with E-state index in [1.807, 2.05) is 6.92 Å². The van der Waals surface area contributed by atoms with Crippen molar-refractivity contribution in [3.05, 3.63) is 29.3 Å². The van der Waals surface area contributed by atoms with Crippen LogP contribution in [-0.4, -0.2) is 85.7 Å². The normalized spacial score (nSPS) is 26.7. The van der Waals surface area contributed by atoms with E-state index in [-0.39, 0.29) is 24.0 Å². The van der Waals surface area contributed by atoms with Gasteiger partial charge in [-0.25, -0.2) is 13.2 Å². The molecule has 202 valence electrons. The Labute approximate surface area is 215 Å². The summed E-state index contributed by atoms with van der Waals surface area (Å²) in [7, 11) is -4.28. The fraction of sp³-hybridized carbons (Fsp3) is 0.708. The van der Waals surface area contributed by atoms with Crippen molar-refractivity contribution in [2.45, 2.75) is 74.6 Å². The molecule has 0 spiro atoms. The fourth-order valence-electron chi connectivity index (χ4n) is 5.26. The zero-order valence-corrected chi connectivity index (χ0v) is 21.9. The summed E-state index contributed by atoms with van der Waals surface area (Å²) in [5.41, 5.74) is 0. The Morgan fingerprint density at radius 3 is 2.36 bits per heavy atom. The maximum atomic E-state index is 13.5. The van der Waals surface area contributed by atoms with E-state index in [9.17, 15) is 26.4 Å². The van der Waals surface area contributed by atoms with E-state index in [1.54, 1.807) is 4.90 Å². The van der Waals surface area contributed by atoms with Gasteiger partial charge in [0.2, 0.25) is 10.0 Å². The summed E-state index contributed by atoms with van der Waals surface area (Å²) in [6, 6.07) is 3.11. The van der Waals surface area contributed by atoms with Crippen LogP contribution >= 0.6 is 11.6 Å². The molecule has 3 aliphatic rings. The number of hydrogen-bond donors (Lipinski definition) is 0. The minimum absolute atomic E-state index is 0.0664. The van der Waals surface area contributed by atoms with Crippen molar-refractivity contribution in [2.75, 3.05) is 32.8 Å². The third kappa shape index (κ3) is 6.85. The molecule has 36 heavy (non-hydrogen) atoms. The fourth-order valence-corrected chi connectivity index (χ4v) is 7.25. The molecule has 2 aliphatic heterocycles. The van der Waals surface area contributed by atoms with Gasteiger partial charge in [-0.1, -0.05) is 18.0 Å². The Kier molecular flexibility index (Phi) is 8.43. The summed E-state index contributed by atoms with van der Waals surface area (Å²) in [5.74, 6) is 0.750. The highest BCUT2D eigenvalue weighted by Crippen LogP contribution is 2.36. The van der Waals surface area contributed by atoms with Gasteiger partial charge in [-0.15, -0.1) is 0 Å². The van der Waals surface area contributed by atoms with Gasteiger partial charge in [0.1, 0.15) is 6.61 Å². The van der Waals surface area contributed by atoms with Crippen LogP contribution in [0.3, 0.4) is 0 Å². The molecule has 1 aromatic carbocycles. The highest BCUT2D eigenvalue weighted by molar-refractivity contribution is 7.89. The van der Waals surface area contributed by atoms with Gasteiger partial charge in [0.05, 0.1) is 17.4 Å². The molecular weight excluding hydrogens is 519 g/mol. The summed E-state index contributed by atoms with van der Waals surface area (Å²) < 4.78 is 73.5. The van der Waals surface area contributed by atoms with Crippen molar-refractivity contribution in [3.63, 3.8) is 0 Å². The van der Waals surface area contributed by atoms with Crippen molar-refractivity contribution in [3.8, 4) is 0 Å². The van der Waals surface area contributed by atoms with Gasteiger partial charge in [0, 0.05) is 43.3 Å². The second kappa shape index (κ2) is 11.0. The number of nitrogens with zero attached hydrogens (tertiary/aromatic N) is 3. The third-order valence-corrected chi connectivity index (χ3v) is 9.48. The van der Waals surface area contributed by atoms with Crippen LogP contribution in [0.15, 0.2) is 29.2 Å². The SMILES string of the molecule is C[C@H]1CN(CC2CC2)CCN1C(=O)OC[C@@H]1CCC[C@H](CC(F)(F)F)N1S(=O)(=O)c1ccc(Cl)cc1. The van der Waals surface area contributed by atoms with Gasteiger partial charge >= 0.3 is 12.3 Å². The number of carbonyl (C=O) groups excluding carboxylic acids is 1. The standard InChI is InChI=1S/C24H33ClF3N3O4S/c1-17-14-29(15-18-5-6-18)11-12-30(17)23(32)35-16-21-4-2-3-20(13-24(26,27)28)31(21)36(33,34)22-9-7-19(25)8-10-22/h7-10,17-18,20-21H,2-6,11-16H2,1H3/t17-,20+,21-/m0/s1. The minimum atomic E-state index is -4.54. The number of amides is 1. The van der Waals surface area contributed by atoms with Crippen LogP contribution in [0.1, 0.15) is 45.4 Å². The van der Waals surface area contributed by atoms with E-state index >= 15 is 0 Å². The Morgan fingerprint density at radius 1 is 1.08 bits per heavy atom. The summed E-state index contributed by atoms with van der Waals surface area (Å²) in [4.78, 5) is 16.7. The van der Waals surface area contributed by atoms with Crippen molar-refractivity contribution in [1.29, 1.82) is 0 Å². The molecule has 0 unspecified atom stereocenters. The van der Waals surface area contributed by atoms with Gasteiger partial charge in [-0.2, -0.15) is 17.5 Å². The van der Waals surface area contributed by atoms with Gasteiger partial charge < -0.3 is 9.64 Å². The van der Waals surface area contributed by atoms with Crippen LogP contribution in [0.4, 0.5) is 18.0 Å². The zero-order chi connectivity index (χ0) is 26.1. The van der Waals surface area contributed by atoms with E-state index in [0.29, 0.717) is 24.4 Å². The number of carbonyl (C=O) groups is 1. The smallest absolute Gasteiger partial charge is 0.410 e. The zero-order valence-electron chi connectivity index (χ0n) is 20.3. The molecule has 3 fully saturated rings. The number of sulfonamides is 1. The molecule has 0 N–H and O–H groups in total. The van der Waals surface area contributed by atoms with E-state index in [4.69, 9.17) is 16.3 Å². The molecule has 2 saturated heterocycles. The van der Waals surface area contributed by atoms with E-state index in [1.165, 1.54) is 37.1 Å². The van der Waals surface area contributed by atoms with Crippen LogP contribution in [-0.2, 0) is 14.8 Å². The molecule has 0 bridgehead atoms. The Bertz CT molecular complexity index is 1020. The summed E-state index contributed by atoms with van der Waals surface area (Å²) in [6.07, 6.45) is -3.06. The maximum absolute atomic E-state index is 13.5. The van der Waals surface area contributed by atoms with Crippen LogP contribution in [0.2, 0.25) is 5.02 Å². The molecule has 12 heteroatoms. The summed E-state index contributed by atoms with van der Waals surface area (Å²) in [6.45, 7) is 4.66. The molecule has 1 aromatic rings. The first kappa shape index (κ1) is 27.5. The molecule has 7 nitrogen and oxygen atoms in total. The lowest BCUT2D eigenvalue weighted by atomic mass is 9.96. The van der Waals surface area contributed by atoms with E-state index in [2.05, 4.69) is 4.90 Å². The number of benzene rings is 1. The monoisotopic (exact) mass is 551 g/mol. The average molecular weight is 552 g/mol. The largest absolute Gasteiger partial charge is 0.448 e. The first-order chi connectivity index (χ1) is 16.9. The topological polar surface area (TPSA) is 70.2 Å². The molecule has 1 aliphatic carbocycles. The van der Waals surface area contributed by atoms with Crippen molar-refractivity contribution >= 4 is 27.7 Å². The second-order valence-electron chi connectivity index (χ2n) is 10.2. The first-order valence-corrected chi connectivity index (χ1v) is 14.3. The van der Waals surface area contributed by atoms with Gasteiger partial charge in [-0.05, 0) is 62.8 Å². The summed E-state index contributed by atoms with van der Waals surface area (Å²) in [5, 5.41) is 0.316. The molecule has 1 amide bonds. The number of halogens is 4. The third-order valence-electron chi connectivity index (χ3n) is 7.21. The molecule has 2 heterocycles. The molecular formula is C24H33ClF3N3O4S. The van der Waals surface area contributed by atoms with Crippen LogP contribution in [0.25, 0.3) is 0 Å². The Balaban J connectivity index is 1.46. The lowest BCUT2D eigenvalue weighted by Crippen LogP contribution is -2.56. The second-order valence-corrected chi connectivity index (χ2v) is 12.4. The number of piperazine rings is 1. The lowest BCUT2D eigenvalue weighted by molar-refractivity contribution is -0.147. The van der Waals surface area contributed by atoms with Gasteiger partial charge in [-0.3, -0.25) is 4.90 Å². The predicted molar refractivity (Wildman–Crippen MR) is 129 cm³/mol. The predicted octanol–water partition coefficient (Wildman–Crippen LogP) is 4.76. The Morgan fingerprint density at radius 2 is 1.75 bits per heavy atom. The molecule has 0 radical (unpaired) electrons. The minimum Gasteiger partial charge on any atom is -0.448 e. The first-order valence-electron chi connectivity index (χ1n) is 12.5. The highest BCUT2D eigenvalue weighted by Gasteiger charge is 2.45. The molecule has 3 atom stereocenters. The summed E-state index contributed by atoms with van der Waals surface area (Å²) >= 11 is 5.88. The van der Waals surface area contributed by atoms with Crippen molar-refractivity contribution in [2.24, 2.45) is 5.92 Å². The van der Waals surface area contributed by atoms with Crippen molar-refractivity contribution in [1.82, 2.24) is 14.1 Å². The van der Waals surface area contributed by atoms with Crippen LogP contribution in [0.5, 0.6) is 0 Å². The number of alkyl halides is 3. The van der Waals surface area contributed by atoms with Crippen molar-refractivity contribution < 1.29 is 31.1 Å². The van der Waals surface area contributed by atoms with E-state index < -0.39 is 40.8 Å². The average Bonchev–Trinajstić information content (AvgIpc) is 3.60. The van der Waals surface area contributed by atoms with Crippen LogP contribution in [0, 0.1) is 5.92 Å². The molecule has 0 aromatic heterocycles. The quantitative estimate of drug-likeness (QED) is 0.489. The number of rotatable bonds is 7. The molecule has 1 saturated carbocycles. The number of piperidine rings is 1. The lowest BCUT2D eigenvalue weighted by Gasteiger charge is -2.42. The maximum Gasteiger partial charge on any atom is 0.410 e. The Hall–Kier alpha value is -1.56. The van der Waals surface area contributed by atoms with Gasteiger partial charge in [0.25, 0.3) is 0 Å². The van der Waals surface area contributed by atoms with Crippen LogP contribution < -0.4 is 0 Å². The van der Waals surface area contributed by atoms with Gasteiger partial charge in [0.15, 0.2) is 0 Å². The number of ether oxygens (including phenoxy) is 1.